The molecular formula is C13H18N2S. The second kappa shape index (κ2) is 4.57. The van der Waals surface area contributed by atoms with E-state index in [0.29, 0.717) is 0 Å². The Labute approximate surface area is 102 Å². The van der Waals surface area contributed by atoms with Crippen LogP contribution in [0.25, 0.3) is 0 Å². The first-order valence-corrected chi connectivity index (χ1v) is 6.72. The Bertz CT molecular complexity index is 375. The fourth-order valence-electron chi connectivity index (χ4n) is 2.54. The average molecular weight is 234 g/mol. The van der Waals surface area contributed by atoms with Gasteiger partial charge in [-0.05, 0) is 47.2 Å². The Balaban J connectivity index is 2.11. The van der Waals surface area contributed by atoms with E-state index in [1.165, 1.54) is 12.0 Å². The van der Waals surface area contributed by atoms with Gasteiger partial charge < -0.3 is 0 Å². The summed E-state index contributed by atoms with van der Waals surface area (Å²) < 4.78 is 0. The van der Waals surface area contributed by atoms with E-state index < -0.39 is 0 Å². The molecule has 16 heavy (non-hydrogen) atoms. The molecule has 3 heteroatoms. The van der Waals surface area contributed by atoms with Crippen molar-refractivity contribution in [3.05, 3.63) is 22.4 Å². The number of rotatable bonds is 2. The quantitative estimate of drug-likeness (QED) is 0.785. The van der Waals surface area contributed by atoms with Crippen molar-refractivity contribution in [1.82, 2.24) is 4.90 Å². The predicted octanol–water partition coefficient (Wildman–Crippen LogP) is 3.26. The average Bonchev–Trinajstić information content (AvgIpc) is 2.69. The first-order valence-electron chi connectivity index (χ1n) is 5.78. The Morgan fingerprint density at radius 1 is 1.62 bits per heavy atom. The molecule has 1 aromatic heterocycles. The molecular weight excluding hydrogens is 216 g/mol. The molecule has 0 saturated carbocycles. The van der Waals surface area contributed by atoms with Gasteiger partial charge in [-0.1, -0.05) is 13.8 Å². The van der Waals surface area contributed by atoms with Gasteiger partial charge >= 0.3 is 0 Å². The van der Waals surface area contributed by atoms with Gasteiger partial charge in [-0.3, -0.25) is 4.90 Å². The standard InChI is InChI=1S/C13H18N2S/c1-13(2)5-3-6-15(12(13)8-14)9-11-4-7-16-10-11/h4,7,10,12H,3,5-6,9H2,1-2H3/t12-/m0/s1. The van der Waals surface area contributed by atoms with Crippen LogP contribution in [0.2, 0.25) is 0 Å². The second-order valence-corrected chi connectivity index (χ2v) is 6.01. The van der Waals surface area contributed by atoms with E-state index in [1.54, 1.807) is 11.3 Å². The molecule has 0 aromatic carbocycles. The lowest BCUT2D eigenvalue weighted by Gasteiger charge is -2.42. The number of nitrogens with zero attached hydrogens (tertiary/aromatic N) is 2. The predicted molar refractivity (Wildman–Crippen MR) is 67.1 cm³/mol. The van der Waals surface area contributed by atoms with Crippen LogP contribution in [0, 0.1) is 16.7 Å². The molecule has 1 aliphatic heterocycles. The number of piperidine rings is 1. The molecule has 1 aromatic rings. The van der Waals surface area contributed by atoms with E-state index in [0.717, 1.165) is 19.5 Å². The molecule has 0 unspecified atom stereocenters. The summed E-state index contributed by atoms with van der Waals surface area (Å²) in [4.78, 5) is 2.32. The van der Waals surface area contributed by atoms with Crippen molar-refractivity contribution in [3.8, 4) is 6.07 Å². The van der Waals surface area contributed by atoms with E-state index >= 15 is 0 Å². The zero-order chi connectivity index (χ0) is 11.6. The van der Waals surface area contributed by atoms with Gasteiger partial charge in [-0.25, -0.2) is 0 Å². The molecule has 2 nitrogen and oxygen atoms in total. The molecule has 1 saturated heterocycles. The Morgan fingerprint density at radius 3 is 3.06 bits per heavy atom. The Kier molecular flexibility index (Phi) is 3.32. The van der Waals surface area contributed by atoms with Crippen LogP contribution < -0.4 is 0 Å². The van der Waals surface area contributed by atoms with Crippen molar-refractivity contribution < 1.29 is 0 Å². The van der Waals surface area contributed by atoms with Crippen LogP contribution in [0.1, 0.15) is 32.3 Å². The number of hydrogen-bond acceptors (Lipinski definition) is 3. The Morgan fingerprint density at radius 2 is 2.44 bits per heavy atom. The monoisotopic (exact) mass is 234 g/mol. The van der Waals surface area contributed by atoms with Crippen LogP contribution in [0.5, 0.6) is 0 Å². The topological polar surface area (TPSA) is 27.0 Å². The highest BCUT2D eigenvalue weighted by atomic mass is 32.1. The van der Waals surface area contributed by atoms with Gasteiger partial charge in [0.15, 0.2) is 0 Å². The van der Waals surface area contributed by atoms with Gasteiger partial charge in [0.1, 0.15) is 6.04 Å². The van der Waals surface area contributed by atoms with Gasteiger partial charge in [0.25, 0.3) is 0 Å². The van der Waals surface area contributed by atoms with E-state index in [1.807, 2.05) is 0 Å². The van der Waals surface area contributed by atoms with Gasteiger partial charge in [0.2, 0.25) is 0 Å². The SMILES string of the molecule is CC1(C)CCCN(Cc2ccsc2)[C@H]1C#N. The molecule has 2 heterocycles. The van der Waals surface area contributed by atoms with Crippen molar-refractivity contribution in [3.63, 3.8) is 0 Å². The van der Waals surface area contributed by atoms with E-state index in [-0.39, 0.29) is 11.5 Å². The number of hydrogen-bond donors (Lipinski definition) is 0. The highest BCUT2D eigenvalue weighted by Gasteiger charge is 2.37. The lowest BCUT2D eigenvalue weighted by molar-refractivity contribution is 0.0663. The maximum Gasteiger partial charge on any atom is 0.103 e. The molecule has 1 atom stereocenters. The fraction of sp³-hybridized carbons (Fsp3) is 0.615. The van der Waals surface area contributed by atoms with Crippen LogP contribution in [-0.4, -0.2) is 17.5 Å². The summed E-state index contributed by atoms with van der Waals surface area (Å²) in [5, 5.41) is 13.6. The number of thiophene rings is 1. The first kappa shape index (κ1) is 11.6. The zero-order valence-corrected chi connectivity index (χ0v) is 10.8. The van der Waals surface area contributed by atoms with Crippen molar-refractivity contribution in [2.24, 2.45) is 5.41 Å². The largest absolute Gasteiger partial charge is 0.283 e. The molecule has 86 valence electrons. The third-order valence-corrected chi connectivity index (χ3v) is 4.19. The second-order valence-electron chi connectivity index (χ2n) is 5.23. The minimum absolute atomic E-state index is 0.0566. The van der Waals surface area contributed by atoms with Crippen LogP contribution >= 0.6 is 11.3 Å². The molecule has 0 spiro atoms. The molecule has 0 radical (unpaired) electrons. The lowest BCUT2D eigenvalue weighted by atomic mass is 9.77. The summed E-state index contributed by atoms with van der Waals surface area (Å²) in [7, 11) is 0. The summed E-state index contributed by atoms with van der Waals surface area (Å²) >= 11 is 1.73. The van der Waals surface area contributed by atoms with E-state index in [4.69, 9.17) is 0 Å². The first-order chi connectivity index (χ1) is 7.63. The molecule has 0 amide bonds. The smallest absolute Gasteiger partial charge is 0.103 e. The van der Waals surface area contributed by atoms with Gasteiger partial charge in [0.05, 0.1) is 6.07 Å². The Hall–Kier alpha value is -0.850. The summed E-state index contributed by atoms with van der Waals surface area (Å²) in [6.07, 6.45) is 2.36. The third-order valence-electron chi connectivity index (χ3n) is 3.46. The van der Waals surface area contributed by atoms with Crippen molar-refractivity contribution >= 4 is 11.3 Å². The number of nitriles is 1. The molecule has 1 aliphatic rings. The highest BCUT2D eigenvalue weighted by Crippen LogP contribution is 2.35. The zero-order valence-electron chi connectivity index (χ0n) is 9.94. The lowest BCUT2D eigenvalue weighted by Crippen LogP contribution is -2.48. The maximum atomic E-state index is 9.34. The van der Waals surface area contributed by atoms with Crippen LogP contribution in [0.15, 0.2) is 16.8 Å². The summed E-state index contributed by atoms with van der Waals surface area (Å²) in [5.41, 5.74) is 1.46. The fourth-order valence-corrected chi connectivity index (χ4v) is 3.20. The van der Waals surface area contributed by atoms with Crippen molar-refractivity contribution in [2.45, 2.75) is 39.3 Å². The minimum atomic E-state index is 0.0566. The summed E-state index contributed by atoms with van der Waals surface area (Å²) in [5.74, 6) is 0. The van der Waals surface area contributed by atoms with Crippen LogP contribution in [0.4, 0.5) is 0 Å². The maximum absolute atomic E-state index is 9.34. The van der Waals surface area contributed by atoms with E-state index in [9.17, 15) is 5.26 Å². The molecule has 2 rings (SSSR count). The normalized spacial score (nSPS) is 25.2. The summed E-state index contributed by atoms with van der Waals surface area (Å²) in [6, 6.07) is 4.70. The van der Waals surface area contributed by atoms with Gasteiger partial charge in [0, 0.05) is 6.54 Å². The van der Waals surface area contributed by atoms with Crippen molar-refractivity contribution in [2.75, 3.05) is 6.54 Å². The summed E-state index contributed by atoms with van der Waals surface area (Å²) in [6.45, 7) is 6.39. The molecule has 0 aliphatic carbocycles. The molecule has 1 fully saturated rings. The van der Waals surface area contributed by atoms with Crippen molar-refractivity contribution in [1.29, 1.82) is 5.26 Å². The third kappa shape index (κ3) is 2.28. The van der Waals surface area contributed by atoms with Crippen LogP contribution in [-0.2, 0) is 6.54 Å². The van der Waals surface area contributed by atoms with Gasteiger partial charge in [-0.15, -0.1) is 0 Å². The minimum Gasteiger partial charge on any atom is -0.283 e. The highest BCUT2D eigenvalue weighted by molar-refractivity contribution is 7.07. The van der Waals surface area contributed by atoms with Crippen LogP contribution in [0.3, 0.4) is 0 Å². The molecule has 0 N–H and O–H groups in total. The van der Waals surface area contributed by atoms with Gasteiger partial charge in [-0.2, -0.15) is 16.6 Å². The molecule has 0 bridgehead atoms. The number of likely N-dealkylation sites (tertiary alicyclic amines) is 1. The van der Waals surface area contributed by atoms with E-state index in [2.05, 4.69) is 41.6 Å².